The van der Waals surface area contributed by atoms with Gasteiger partial charge in [-0.1, -0.05) is 11.6 Å². The molecule has 1 N–H and O–H groups in total. The van der Waals surface area contributed by atoms with Gasteiger partial charge in [-0.05, 0) is 31.0 Å². The fourth-order valence-corrected chi connectivity index (χ4v) is 2.70. The number of aromatic nitrogens is 2. The van der Waals surface area contributed by atoms with E-state index in [1.165, 1.54) is 5.69 Å². The van der Waals surface area contributed by atoms with Crippen LogP contribution in [0.25, 0.3) is 0 Å². The van der Waals surface area contributed by atoms with Crippen molar-refractivity contribution in [3.05, 3.63) is 48.0 Å². The second kappa shape index (κ2) is 6.09. The smallest absolute Gasteiger partial charge is 0.0718 e. The van der Waals surface area contributed by atoms with E-state index in [0.717, 1.165) is 36.6 Å². The summed E-state index contributed by atoms with van der Waals surface area (Å²) >= 11 is 6.15. The van der Waals surface area contributed by atoms with E-state index in [9.17, 15) is 0 Å². The summed E-state index contributed by atoms with van der Waals surface area (Å²) in [5.74, 6) is 0. The zero-order chi connectivity index (χ0) is 13.8. The summed E-state index contributed by atoms with van der Waals surface area (Å²) in [4.78, 5) is 10.6. The largest absolute Gasteiger partial charge is 0.380 e. The number of pyridine rings is 2. The summed E-state index contributed by atoms with van der Waals surface area (Å²) in [6, 6.07) is 6.39. The van der Waals surface area contributed by atoms with Gasteiger partial charge in [-0.3, -0.25) is 9.97 Å². The van der Waals surface area contributed by atoms with E-state index < -0.39 is 0 Å². The highest BCUT2D eigenvalue weighted by Gasteiger charge is 2.19. The molecule has 0 aliphatic carbocycles. The van der Waals surface area contributed by atoms with E-state index in [1.807, 2.05) is 18.5 Å². The van der Waals surface area contributed by atoms with Crippen molar-refractivity contribution in [2.24, 2.45) is 0 Å². The fraction of sp³-hybridized carbons (Fsp3) is 0.333. The van der Waals surface area contributed by atoms with Crippen LogP contribution in [-0.4, -0.2) is 29.1 Å². The van der Waals surface area contributed by atoms with Crippen LogP contribution in [0, 0.1) is 0 Å². The molecule has 3 heterocycles. The van der Waals surface area contributed by atoms with Crippen LogP contribution < -0.4 is 10.2 Å². The van der Waals surface area contributed by atoms with Crippen molar-refractivity contribution in [3.63, 3.8) is 0 Å². The Hall–Kier alpha value is -1.81. The Bertz CT molecular complexity index is 553. The third-order valence-corrected chi connectivity index (χ3v) is 3.98. The van der Waals surface area contributed by atoms with Crippen molar-refractivity contribution in [1.82, 2.24) is 9.97 Å². The van der Waals surface area contributed by atoms with Crippen LogP contribution in [0.4, 0.5) is 11.4 Å². The van der Waals surface area contributed by atoms with Gasteiger partial charge in [0, 0.05) is 43.4 Å². The molecule has 4 nitrogen and oxygen atoms in total. The van der Waals surface area contributed by atoms with E-state index >= 15 is 0 Å². The molecule has 1 saturated heterocycles. The third-order valence-electron chi connectivity index (χ3n) is 3.65. The molecular formula is C15H17ClN4. The van der Waals surface area contributed by atoms with E-state index in [4.69, 9.17) is 11.6 Å². The van der Waals surface area contributed by atoms with Crippen LogP contribution in [0.5, 0.6) is 0 Å². The molecule has 3 rings (SSSR count). The Morgan fingerprint density at radius 3 is 2.45 bits per heavy atom. The summed E-state index contributed by atoms with van der Waals surface area (Å²) in [7, 11) is 0. The van der Waals surface area contributed by atoms with Crippen molar-refractivity contribution in [2.75, 3.05) is 23.3 Å². The van der Waals surface area contributed by atoms with Gasteiger partial charge in [0.25, 0.3) is 0 Å². The van der Waals surface area contributed by atoms with Crippen LogP contribution >= 0.6 is 11.6 Å². The molecule has 0 radical (unpaired) electrons. The van der Waals surface area contributed by atoms with Crippen LogP contribution in [0.3, 0.4) is 0 Å². The topological polar surface area (TPSA) is 41.1 Å². The maximum atomic E-state index is 6.15. The van der Waals surface area contributed by atoms with Gasteiger partial charge < -0.3 is 10.2 Å². The molecule has 0 saturated carbocycles. The normalized spacial score (nSPS) is 16.1. The van der Waals surface area contributed by atoms with Gasteiger partial charge in [0.15, 0.2) is 0 Å². The standard InChI is InChI=1S/C15H17ClN4/c16-14-3-8-18-11-15(14)19-12-4-9-20(10-5-12)13-1-6-17-7-2-13/h1-3,6-8,11-12,19H,4-5,9-10H2. The Kier molecular flexibility index (Phi) is 4.02. The summed E-state index contributed by atoms with van der Waals surface area (Å²) in [6.07, 6.45) is 9.36. The van der Waals surface area contributed by atoms with E-state index in [-0.39, 0.29) is 0 Å². The van der Waals surface area contributed by atoms with Gasteiger partial charge in [0.05, 0.1) is 16.9 Å². The number of halogens is 1. The highest BCUT2D eigenvalue weighted by Crippen LogP contribution is 2.24. The minimum Gasteiger partial charge on any atom is -0.380 e. The highest BCUT2D eigenvalue weighted by atomic mass is 35.5. The molecule has 1 aliphatic rings. The summed E-state index contributed by atoms with van der Waals surface area (Å²) in [5.41, 5.74) is 2.18. The number of nitrogens with zero attached hydrogens (tertiary/aromatic N) is 3. The van der Waals surface area contributed by atoms with Gasteiger partial charge >= 0.3 is 0 Å². The summed E-state index contributed by atoms with van der Waals surface area (Å²) in [6.45, 7) is 2.08. The van der Waals surface area contributed by atoms with Crippen LogP contribution in [0.15, 0.2) is 43.0 Å². The zero-order valence-corrected chi connectivity index (χ0v) is 11.9. The molecule has 5 heteroatoms. The number of piperidine rings is 1. The minimum absolute atomic E-state index is 0.454. The minimum atomic E-state index is 0.454. The molecule has 0 bridgehead atoms. The van der Waals surface area contributed by atoms with Crippen LogP contribution in [-0.2, 0) is 0 Å². The van der Waals surface area contributed by atoms with Crippen molar-refractivity contribution in [3.8, 4) is 0 Å². The maximum Gasteiger partial charge on any atom is 0.0718 e. The number of anilines is 2. The second-order valence-corrected chi connectivity index (χ2v) is 5.37. The Morgan fingerprint density at radius 2 is 1.75 bits per heavy atom. The molecule has 20 heavy (non-hydrogen) atoms. The molecule has 0 amide bonds. The maximum absolute atomic E-state index is 6.15. The number of hydrogen-bond donors (Lipinski definition) is 1. The summed E-state index contributed by atoms with van der Waals surface area (Å²) < 4.78 is 0. The first kappa shape index (κ1) is 13.2. The Balaban J connectivity index is 1.58. The monoisotopic (exact) mass is 288 g/mol. The first-order valence-corrected chi connectivity index (χ1v) is 7.22. The molecule has 2 aromatic heterocycles. The first-order valence-electron chi connectivity index (χ1n) is 6.84. The second-order valence-electron chi connectivity index (χ2n) is 4.97. The van der Waals surface area contributed by atoms with E-state index in [1.54, 1.807) is 12.4 Å². The van der Waals surface area contributed by atoms with Crippen LogP contribution in [0.1, 0.15) is 12.8 Å². The molecule has 1 fully saturated rings. The van der Waals surface area contributed by atoms with Crippen molar-refractivity contribution in [1.29, 1.82) is 0 Å². The van der Waals surface area contributed by atoms with Crippen LogP contribution in [0.2, 0.25) is 5.02 Å². The van der Waals surface area contributed by atoms with E-state index in [2.05, 4.69) is 32.3 Å². The molecule has 0 aromatic carbocycles. The average Bonchev–Trinajstić information content (AvgIpc) is 2.51. The lowest BCUT2D eigenvalue weighted by atomic mass is 10.0. The molecular weight excluding hydrogens is 272 g/mol. The van der Waals surface area contributed by atoms with Crippen molar-refractivity contribution >= 4 is 23.0 Å². The SMILES string of the molecule is Clc1ccncc1NC1CCN(c2ccncc2)CC1. The Morgan fingerprint density at radius 1 is 1.05 bits per heavy atom. The quantitative estimate of drug-likeness (QED) is 0.941. The molecule has 0 atom stereocenters. The fourth-order valence-electron chi connectivity index (χ4n) is 2.54. The number of hydrogen-bond acceptors (Lipinski definition) is 4. The third kappa shape index (κ3) is 3.02. The number of rotatable bonds is 3. The average molecular weight is 289 g/mol. The Labute approximate surface area is 123 Å². The highest BCUT2D eigenvalue weighted by molar-refractivity contribution is 6.33. The van der Waals surface area contributed by atoms with Gasteiger partial charge in [-0.15, -0.1) is 0 Å². The van der Waals surface area contributed by atoms with Gasteiger partial charge in [-0.2, -0.15) is 0 Å². The van der Waals surface area contributed by atoms with Gasteiger partial charge in [0.2, 0.25) is 0 Å². The predicted octanol–water partition coefficient (Wildman–Crippen LogP) is 3.21. The summed E-state index contributed by atoms with van der Waals surface area (Å²) in [5, 5.41) is 4.22. The lowest BCUT2D eigenvalue weighted by molar-refractivity contribution is 0.526. The molecule has 104 valence electrons. The molecule has 0 spiro atoms. The van der Waals surface area contributed by atoms with Gasteiger partial charge in [0.1, 0.15) is 0 Å². The lowest BCUT2D eigenvalue weighted by Crippen LogP contribution is -2.39. The van der Waals surface area contributed by atoms with Gasteiger partial charge in [-0.25, -0.2) is 0 Å². The first-order chi connectivity index (χ1) is 9.83. The zero-order valence-electron chi connectivity index (χ0n) is 11.2. The predicted molar refractivity (Wildman–Crippen MR) is 82.3 cm³/mol. The molecule has 1 aliphatic heterocycles. The molecule has 2 aromatic rings. The van der Waals surface area contributed by atoms with Crippen molar-refractivity contribution < 1.29 is 0 Å². The van der Waals surface area contributed by atoms with Crippen molar-refractivity contribution in [2.45, 2.75) is 18.9 Å². The lowest BCUT2D eigenvalue weighted by Gasteiger charge is -2.34. The van der Waals surface area contributed by atoms with E-state index in [0.29, 0.717) is 6.04 Å². The molecule has 0 unspecified atom stereocenters. The number of nitrogens with one attached hydrogen (secondary N) is 1.